The van der Waals surface area contributed by atoms with Crippen LogP contribution in [-0.2, 0) is 9.47 Å². The van der Waals surface area contributed by atoms with Gasteiger partial charge in [0.15, 0.2) is 0 Å². The summed E-state index contributed by atoms with van der Waals surface area (Å²) in [7, 11) is 1.24. The molecule has 0 bridgehead atoms. The first kappa shape index (κ1) is 40.2. The van der Waals surface area contributed by atoms with E-state index in [0.29, 0.717) is 96.7 Å². The molecule has 0 saturated carbocycles. The molecular weight excluding hydrogens is 745 g/mol. The molecule has 0 aliphatic rings. The number of methoxy groups -OCH3 is 1. The Hall–Kier alpha value is -5.64. The number of ether oxygens (including phenoxy) is 2. The zero-order valence-electron chi connectivity index (χ0n) is 35.0. The van der Waals surface area contributed by atoms with Gasteiger partial charge in [0.1, 0.15) is 0 Å². The highest BCUT2D eigenvalue weighted by atomic mass is 16.5. The fourth-order valence-corrected chi connectivity index (χ4v) is 10.3. The van der Waals surface area contributed by atoms with E-state index < -0.39 is 23.1 Å². The molecule has 10 heteroatoms. The van der Waals surface area contributed by atoms with Gasteiger partial charge in [-0.2, -0.15) is 0 Å². The van der Waals surface area contributed by atoms with Gasteiger partial charge in [0.2, 0.25) is 0 Å². The van der Waals surface area contributed by atoms with E-state index in [4.69, 9.17) is 9.47 Å². The van der Waals surface area contributed by atoms with E-state index in [1.165, 1.54) is 16.2 Å². The van der Waals surface area contributed by atoms with E-state index >= 15 is 0 Å². The lowest BCUT2D eigenvalue weighted by molar-refractivity contribution is 0.0483. The number of pyridine rings is 2. The molecule has 306 valence electrons. The van der Waals surface area contributed by atoms with Crippen LogP contribution in [0.2, 0.25) is 0 Å². The van der Waals surface area contributed by atoms with Gasteiger partial charge in [0.25, 0.3) is 22.2 Å². The van der Waals surface area contributed by atoms with Crippen LogP contribution in [0.1, 0.15) is 144 Å². The second-order valence-corrected chi connectivity index (χ2v) is 16.4. The summed E-state index contributed by atoms with van der Waals surface area (Å²) in [6, 6.07) is 9.93. The predicted molar refractivity (Wildman–Crippen MR) is 238 cm³/mol. The van der Waals surface area contributed by atoms with Crippen LogP contribution < -0.4 is 22.2 Å². The first-order chi connectivity index (χ1) is 28.6. The number of esters is 2. The molecule has 2 aromatic heterocycles. The normalized spacial score (nSPS) is 12.5. The smallest absolute Gasteiger partial charge is 0.339 e. The minimum absolute atomic E-state index is 0.0588. The summed E-state index contributed by atoms with van der Waals surface area (Å²) in [5.74, 6) is -1.55. The molecular formula is C49H52N2O8. The number of carbonyl (C=O) groups is 2. The molecule has 0 aliphatic carbocycles. The van der Waals surface area contributed by atoms with Gasteiger partial charge in [-0.3, -0.25) is 28.3 Å². The quantitative estimate of drug-likeness (QED) is 0.0385. The Morgan fingerprint density at radius 3 is 1.27 bits per heavy atom. The number of carbonyl (C=O) groups excluding carboxylic acids is 2. The van der Waals surface area contributed by atoms with Crippen molar-refractivity contribution in [3.8, 4) is 0 Å². The standard InChI is InChI=1S/C49H52N2O8/c1-7-12-13-14-23-59-49(57)43-33-25-35-37-31(45(53)51(47(35)55)27(17-10-4)18-11-5)22-20-29-28-19-21-30-36-34(46(54)50(44(30)52)26(15-8-2)16-9-3)24-32(42(43)48(56)58-6)40(38(28)36)41(33)39(29)37/h19-22,24-27H,7-18,23H2,1-6H3. The lowest BCUT2D eigenvalue weighted by Gasteiger charge is -2.25. The molecule has 0 radical (unpaired) electrons. The van der Waals surface area contributed by atoms with E-state index in [9.17, 15) is 28.8 Å². The van der Waals surface area contributed by atoms with Crippen molar-refractivity contribution < 1.29 is 19.1 Å². The number of nitrogens with zero attached hydrogens (tertiary/aromatic N) is 2. The lowest BCUT2D eigenvalue weighted by atomic mass is 9.79. The molecule has 0 fully saturated rings. The van der Waals surface area contributed by atoms with Crippen molar-refractivity contribution in [3.05, 3.63) is 88.9 Å². The molecule has 8 rings (SSSR count). The SMILES string of the molecule is CCCCCCOC(=O)c1c(C(=O)OC)c2cc3c(=O)n(C(CCC)CCC)c(=O)c4ccc5c6ccc7c(=O)n(C(CCC)CCC)c(=O)c8cc1c(c2c5c43)c6c78. The maximum atomic E-state index is 14.9. The Morgan fingerprint density at radius 1 is 0.475 bits per heavy atom. The number of hydrogen-bond acceptors (Lipinski definition) is 8. The molecule has 2 heterocycles. The Kier molecular flexibility index (Phi) is 10.8. The average Bonchev–Trinajstić information content (AvgIpc) is 3.23. The monoisotopic (exact) mass is 796 g/mol. The van der Waals surface area contributed by atoms with Crippen LogP contribution in [0.3, 0.4) is 0 Å². The third kappa shape index (κ3) is 5.95. The van der Waals surface area contributed by atoms with E-state index in [0.717, 1.165) is 44.9 Å². The van der Waals surface area contributed by atoms with Crippen LogP contribution in [0.25, 0.3) is 75.4 Å². The maximum Gasteiger partial charge on any atom is 0.339 e. The second-order valence-electron chi connectivity index (χ2n) is 16.4. The van der Waals surface area contributed by atoms with Gasteiger partial charge >= 0.3 is 11.9 Å². The first-order valence-corrected chi connectivity index (χ1v) is 21.6. The lowest BCUT2D eigenvalue weighted by Crippen LogP contribution is -2.37. The Balaban J connectivity index is 1.63. The van der Waals surface area contributed by atoms with Gasteiger partial charge in [-0.1, -0.05) is 91.7 Å². The zero-order chi connectivity index (χ0) is 41.9. The molecule has 0 atom stereocenters. The summed E-state index contributed by atoms with van der Waals surface area (Å²) >= 11 is 0. The topological polar surface area (TPSA) is 131 Å². The fraction of sp³-hybridized carbons (Fsp3) is 0.429. The van der Waals surface area contributed by atoms with Crippen LogP contribution in [-0.4, -0.2) is 34.8 Å². The maximum absolute atomic E-state index is 14.9. The average molecular weight is 797 g/mol. The minimum Gasteiger partial charge on any atom is -0.465 e. The van der Waals surface area contributed by atoms with Crippen molar-refractivity contribution >= 4 is 87.3 Å². The Bertz CT molecular complexity index is 3130. The third-order valence-electron chi connectivity index (χ3n) is 12.7. The van der Waals surface area contributed by atoms with Crippen molar-refractivity contribution in [2.75, 3.05) is 13.7 Å². The van der Waals surface area contributed by atoms with Crippen LogP contribution >= 0.6 is 0 Å². The molecule has 0 spiro atoms. The number of rotatable bonds is 17. The number of unbranched alkanes of at least 4 members (excludes halogenated alkanes) is 3. The number of aromatic nitrogens is 2. The molecule has 0 unspecified atom stereocenters. The minimum atomic E-state index is -0.803. The summed E-state index contributed by atoms with van der Waals surface area (Å²) in [5, 5.41) is 6.59. The van der Waals surface area contributed by atoms with Crippen LogP contribution in [0, 0.1) is 0 Å². The summed E-state index contributed by atoms with van der Waals surface area (Å²) in [4.78, 5) is 87.7. The van der Waals surface area contributed by atoms with Crippen molar-refractivity contribution in [3.63, 3.8) is 0 Å². The highest BCUT2D eigenvalue weighted by Crippen LogP contribution is 2.50. The summed E-state index contributed by atoms with van der Waals surface area (Å²) in [6.07, 6.45) is 9.15. The number of hydrogen-bond donors (Lipinski definition) is 0. The Labute approximate surface area is 341 Å². The van der Waals surface area contributed by atoms with Crippen LogP contribution in [0.4, 0.5) is 0 Å². The van der Waals surface area contributed by atoms with Gasteiger partial charge in [-0.25, -0.2) is 9.59 Å². The third-order valence-corrected chi connectivity index (χ3v) is 12.7. The summed E-state index contributed by atoms with van der Waals surface area (Å²) in [6.45, 7) is 10.3. The largest absolute Gasteiger partial charge is 0.465 e. The van der Waals surface area contributed by atoms with Gasteiger partial charge in [-0.05, 0) is 99.5 Å². The van der Waals surface area contributed by atoms with E-state index in [1.807, 2.05) is 39.8 Å². The summed E-state index contributed by atoms with van der Waals surface area (Å²) in [5.41, 5.74) is -1.77. The highest BCUT2D eigenvalue weighted by molar-refractivity contribution is 6.47. The molecule has 6 aromatic carbocycles. The molecule has 0 aliphatic heterocycles. The van der Waals surface area contributed by atoms with E-state index in [1.54, 1.807) is 24.3 Å². The number of benzene rings is 6. The highest BCUT2D eigenvalue weighted by Gasteiger charge is 2.34. The van der Waals surface area contributed by atoms with Gasteiger partial charge in [0, 0.05) is 44.4 Å². The second kappa shape index (κ2) is 15.8. The van der Waals surface area contributed by atoms with Gasteiger partial charge in [-0.15, -0.1) is 0 Å². The number of fused-ring (bicyclic) bond motifs is 1. The zero-order valence-corrected chi connectivity index (χ0v) is 35.0. The molecule has 0 saturated heterocycles. The molecule has 0 N–H and O–H groups in total. The molecule has 8 aromatic rings. The molecule has 10 nitrogen and oxygen atoms in total. The Morgan fingerprint density at radius 2 is 0.864 bits per heavy atom. The molecule has 0 amide bonds. The first-order valence-electron chi connectivity index (χ1n) is 21.6. The summed E-state index contributed by atoms with van der Waals surface area (Å²) < 4.78 is 14.2. The van der Waals surface area contributed by atoms with Crippen LogP contribution in [0.15, 0.2) is 55.6 Å². The predicted octanol–water partition coefficient (Wildman–Crippen LogP) is 10.4. The molecule has 59 heavy (non-hydrogen) atoms. The fourth-order valence-electron chi connectivity index (χ4n) is 10.3. The van der Waals surface area contributed by atoms with Crippen LogP contribution in [0.5, 0.6) is 0 Å². The van der Waals surface area contributed by atoms with Gasteiger partial charge < -0.3 is 9.47 Å². The van der Waals surface area contributed by atoms with E-state index in [-0.39, 0.29) is 51.7 Å². The van der Waals surface area contributed by atoms with Crippen molar-refractivity contribution in [1.82, 2.24) is 9.13 Å². The van der Waals surface area contributed by atoms with Crippen molar-refractivity contribution in [2.45, 2.75) is 124 Å². The van der Waals surface area contributed by atoms with Crippen molar-refractivity contribution in [1.29, 1.82) is 0 Å². The van der Waals surface area contributed by atoms with E-state index in [2.05, 4.69) is 6.92 Å². The van der Waals surface area contributed by atoms with Gasteiger partial charge in [0.05, 0.1) is 24.8 Å². The van der Waals surface area contributed by atoms with Crippen molar-refractivity contribution in [2.24, 2.45) is 0 Å².